The Balaban J connectivity index is 3.31. The summed E-state index contributed by atoms with van der Waals surface area (Å²) in [4.78, 5) is 24.7. The quantitative estimate of drug-likeness (QED) is 0.0417. The average molecular weight is 1260 g/mol. The number of amides is 1. The maximum atomic E-state index is 12.6. The van der Waals surface area contributed by atoms with Crippen LogP contribution in [0, 0.1) is 0 Å². The molecule has 0 aliphatic heterocycles. The molecule has 89 heavy (non-hydrogen) atoms. The van der Waals surface area contributed by atoms with Crippen molar-refractivity contribution in [2.45, 2.75) is 508 Å². The number of hydrogen-bond acceptors (Lipinski definition) is 5. The third-order valence-electron chi connectivity index (χ3n) is 20.2. The molecule has 0 aliphatic carbocycles. The molecule has 532 valence electrons. The third kappa shape index (κ3) is 75.8. The van der Waals surface area contributed by atoms with Gasteiger partial charge in [0.15, 0.2) is 0 Å². The normalized spacial score (nSPS) is 12.4. The molecule has 0 radical (unpaired) electrons. The van der Waals surface area contributed by atoms with Gasteiger partial charge in [0.05, 0.1) is 25.4 Å². The van der Waals surface area contributed by atoms with Crippen molar-refractivity contribution >= 4 is 11.9 Å². The van der Waals surface area contributed by atoms with Gasteiger partial charge >= 0.3 is 5.97 Å². The minimum Gasteiger partial charge on any atom is -0.466 e. The fourth-order valence-corrected chi connectivity index (χ4v) is 13.8. The lowest BCUT2D eigenvalue weighted by atomic mass is 10.0. The number of carbonyl (C=O) groups is 2. The average Bonchev–Trinajstić information content (AvgIpc) is 3.55. The van der Waals surface area contributed by atoms with E-state index in [9.17, 15) is 19.8 Å². The van der Waals surface area contributed by atoms with E-state index in [1.54, 1.807) is 0 Å². The maximum Gasteiger partial charge on any atom is 0.305 e. The fraction of sp³-hybridized carbons (Fsp3) is 0.976. The van der Waals surface area contributed by atoms with Gasteiger partial charge in [-0.3, -0.25) is 9.59 Å². The Labute approximate surface area is 559 Å². The molecule has 0 rings (SSSR count). The molecule has 6 nitrogen and oxygen atoms in total. The second kappa shape index (κ2) is 79.3. The molecule has 0 aromatic carbocycles. The lowest BCUT2D eigenvalue weighted by Gasteiger charge is -2.22. The van der Waals surface area contributed by atoms with Gasteiger partial charge < -0.3 is 20.3 Å². The van der Waals surface area contributed by atoms with Crippen LogP contribution in [0.25, 0.3) is 0 Å². The van der Waals surface area contributed by atoms with E-state index in [2.05, 4.69) is 19.2 Å². The summed E-state index contributed by atoms with van der Waals surface area (Å²) < 4.78 is 5.52. The third-order valence-corrected chi connectivity index (χ3v) is 20.2. The number of unbranched alkanes of at least 4 members (excludes halogenated alkanes) is 69. The van der Waals surface area contributed by atoms with Gasteiger partial charge in [-0.15, -0.1) is 0 Å². The highest BCUT2D eigenvalue weighted by Gasteiger charge is 2.20. The Kier molecular flexibility index (Phi) is 78.3. The van der Waals surface area contributed by atoms with E-state index >= 15 is 0 Å². The molecule has 6 heteroatoms. The van der Waals surface area contributed by atoms with Gasteiger partial charge in [-0.05, 0) is 25.7 Å². The molecule has 1 amide bonds. The van der Waals surface area contributed by atoms with Crippen LogP contribution in [-0.4, -0.2) is 47.4 Å². The molecule has 2 atom stereocenters. The highest BCUT2D eigenvalue weighted by molar-refractivity contribution is 5.76. The SMILES string of the molecule is CCCCCCCCCCCCCCCCCCCCCCCCCCC(O)C(CO)NC(=O)CCCCCCCCCCCCCCCCCCCCCCCCCCCCCCCCCOC(=O)CCCCCCCCCCCCCCCCCCC. The van der Waals surface area contributed by atoms with Crippen LogP contribution in [0.15, 0.2) is 0 Å². The number of aliphatic hydroxyl groups excluding tert-OH is 2. The van der Waals surface area contributed by atoms with Crippen LogP contribution >= 0.6 is 0 Å². The molecule has 0 aromatic rings. The summed E-state index contributed by atoms with van der Waals surface area (Å²) >= 11 is 0. The number of ether oxygens (including phenoxy) is 1. The van der Waals surface area contributed by atoms with E-state index in [4.69, 9.17) is 4.74 Å². The van der Waals surface area contributed by atoms with E-state index in [0.29, 0.717) is 25.9 Å². The first kappa shape index (κ1) is 87.9. The van der Waals surface area contributed by atoms with Gasteiger partial charge in [-0.1, -0.05) is 457 Å². The van der Waals surface area contributed by atoms with Crippen molar-refractivity contribution in [2.75, 3.05) is 13.2 Å². The van der Waals surface area contributed by atoms with Gasteiger partial charge in [0, 0.05) is 12.8 Å². The Morgan fingerprint density at radius 2 is 0.461 bits per heavy atom. The Morgan fingerprint density at radius 1 is 0.270 bits per heavy atom. The molecule has 0 aromatic heterocycles. The monoisotopic (exact) mass is 1260 g/mol. The number of rotatable bonds is 80. The molecule has 0 saturated carbocycles. The van der Waals surface area contributed by atoms with E-state index < -0.39 is 12.1 Å². The Hall–Kier alpha value is -1.14. The largest absolute Gasteiger partial charge is 0.466 e. The topological polar surface area (TPSA) is 95.9 Å². The van der Waals surface area contributed by atoms with Crippen LogP contribution in [0.4, 0.5) is 0 Å². The van der Waals surface area contributed by atoms with Crippen LogP contribution in [-0.2, 0) is 14.3 Å². The van der Waals surface area contributed by atoms with Crippen molar-refractivity contribution in [2.24, 2.45) is 0 Å². The van der Waals surface area contributed by atoms with Gasteiger partial charge in [0.1, 0.15) is 0 Å². The zero-order valence-electron chi connectivity index (χ0n) is 61.2. The van der Waals surface area contributed by atoms with Crippen molar-refractivity contribution in [3.8, 4) is 0 Å². The summed E-state index contributed by atoms with van der Waals surface area (Å²) in [6.07, 6.45) is 99.3. The molecule has 0 aliphatic rings. The first-order chi connectivity index (χ1) is 44.0. The van der Waals surface area contributed by atoms with Crippen LogP contribution in [0.1, 0.15) is 495 Å². The molecule has 0 fully saturated rings. The molecular formula is C83H165NO5. The van der Waals surface area contributed by atoms with Crippen LogP contribution in [0.5, 0.6) is 0 Å². The summed E-state index contributed by atoms with van der Waals surface area (Å²) in [5, 5.41) is 23.5. The number of aliphatic hydroxyl groups is 2. The minimum absolute atomic E-state index is 0.0238. The first-order valence-corrected chi connectivity index (χ1v) is 41.8. The number of carbonyl (C=O) groups excluding carboxylic acids is 2. The lowest BCUT2D eigenvalue weighted by Crippen LogP contribution is -2.45. The van der Waals surface area contributed by atoms with E-state index in [1.807, 2.05) is 0 Å². The lowest BCUT2D eigenvalue weighted by molar-refractivity contribution is -0.143. The van der Waals surface area contributed by atoms with Gasteiger partial charge in [-0.2, -0.15) is 0 Å². The molecule has 0 bridgehead atoms. The number of nitrogens with one attached hydrogen (secondary N) is 1. The molecule has 0 spiro atoms. The van der Waals surface area contributed by atoms with Gasteiger partial charge in [0.2, 0.25) is 5.91 Å². The summed E-state index contributed by atoms with van der Waals surface area (Å²) in [6, 6.07) is -0.539. The summed E-state index contributed by atoms with van der Waals surface area (Å²) in [5.74, 6) is 0.00258. The minimum atomic E-state index is -0.662. The molecular weight excluding hydrogens is 1090 g/mol. The fourth-order valence-electron chi connectivity index (χ4n) is 13.8. The second-order valence-electron chi connectivity index (χ2n) is 29.2. The zero-order chi connectivity index (χ0) is 64.2. The van der Waals surface area contributed by atoms with Gasteiger partial charge in [0.25, 0.3) is 0 Å². The van der Waals surface area contributed by atoms with Crippen LogP contribution in [0.3, 0.4) is 0 Å². The predicted molar refractivity (Wildman–Crippen MR) is 394 cm³/mol. The Bertz CT molecular complexity index is 1310. The second-order valence-corrected chi connectivity index (χ2v) is 29.2. The summed E-state index contributed by atoms with van der Waals surface area (Å²) in [7, 11) is 0. The molecule has 2 unspecified atom stereocenters. The van der Waals surface area contributed by atoms with Crippen molar-refractivity contribution in [3.63, 3.8) is 0 Å². The van der Waals surface area contributed by atoms with Crippen molar-refractivity contribution in [1.29, 1.82) is 0 Å². The maximum absolute atomic E-state index is 12.6. The molecule has 0 saturated heterocycles. The predicted octanol–water partition coefficient (Wildman–Crippen LogP) is 27.7. The number of hydrogen-bond donors (Lipinski definition) is 3. The van der Waals surface area contributed by atoms with Crippen LogP contribution < -0.4 is 5.32 Å². The van der Waals surface area contributed by atoms with Crippen molar-refractivity contribution in [3.05, 3.63) is 0 Å². The van der Waals surface area contributed by atoms with E-state index in [0.717, 1.165) is 38.5 Å². The molecule has 0 heterocycles. The highest BCUT2D eigenvalue weighted by Crippen LogP contribution is 2.21. The molecule has 3 N–H and O–H groups in total. The number of esters is 1. The Morgan fingerprint density at radius 3 is 0.685 bits per heavy atom. The highest BCUT2D eigenvalue weighted by atomic mass is 16.5. The van der Waals surface area contributed by atoms with Gasteiger partial charge in [-0.25, -0.2) is 0 Å². The smallest absolute Gasteiger partial charge is 0.305 e. The van der Waals surface area contributed by atoms with Crippen molar-refractivity contribution < 1.29 is 24.5 Å². The zero-order valence-corrected chi connectivity index (χ0v) is 61.2. The standard InChI is InChI=1S/C83H165NO5/c1-3-5-7-9-11-13-15-17-19-21-22-23-24-34-37-40-44-47-51-55-59-63-67-71-75-81(86)80(79-85)84-82(87)76-72-68-64-60-56-52-48-45-41-38-35-32-30-28-26-25-27-29-31-33-36-39-42-46-50-54-58-62-66-70-74-78-89-83(88)77-73-69-65-61-57-53-49-43-20-18-16-14-12-10-8-6-4-2/h80-81,85-86H,3-79H2,1-2H3,(H,84,87). The first-order valence-electron chi connectivity index (χ1n) is 41.8. The van der Waals surface area contributed by atoms with Crippen LogP contribution in [0.2, 0.25) is 0 Å². The summed E-state index contributed by atoms with van der Waals surface area (Å²) in [5.41, 5.74) is 0. The van der Waals surface area contributed by atoms with E-state index in [-0.39, 0.29) is 18.5 Å². The van der Waals surface area contributed by atoms with Crippen molar-refractivity contribution in [1.82, 2.24) is 5.32 Å². The summed E-state index contributed by atoms with van der Waals surface area (Å²) in [6.45, 7) is 5.03. The van der Waals surface area contributed by atoms with E-state index in [1.165, 1.54) is 424 Å².